The normalized spacial score (nSPS) is 10.4. The van der Waals surface area contributed by atoms with E-state index >= 15 is 0 Å². The minimum atomic E-state index is -0.875. The Hall–Kier alpha value is -1.59. The van der Waals surface area contributed by atoms with Crippen LogP contribution in [0.25, 0.3) is 0 Å². The molecule has 1 aromatic carbocycles. The van der Waals surface area contributed by atoms with Crippen LogP contribution < -0.4 is 0 Å². The molecule has 1 aromatic heterocycles. The molecule has 0 saturated carbocycles. The van der Waals surface area contributed by atoms with Gasteiger partial charge in [0.1, 0.15) is 0 Å². The van der Waals surface area contributed by atoms with Gasteiger partial charge in [-0.3, -0.25) is 9.59 Å². The highest BCUT2D eigenvalue weighted by atomic mass is 32.2. The largest absolute Gasteiger partial charge is 0.481 e. The molecule has 0 bridgehead atoms. The highest BCUT2D eigenvalue weighted by molar-refractivity contribution is 8.00. The van der Waals surface area contributed by atoms with Gasteiger partial charge in [0, 0.05) is 9.77 Å². The number of benzene rings is 1. The first-order valence-corrected chi connectivity index (χ1v) is 7.88. The molecule has 0 saturated heterocycles. The number of thiophene rings is 1. The average Bonchev–Trinajstić information content (AvgIpc) is 2.85. The highest BCUT2D eigenvalue weighted by Crippen LogP contribution is 2.25. The summed E-state index contributed by atoms with van der Waals surface area (Å²) in [5.74, 6) is -0.460. The monoisotopic (exact) mass is 306 g/mol. The van der Waals surface area contributed by atoms with E-state index in [1.165, 1.54) is 23.1 Å². The number of aliphatic carboxylic acids is 1. The van der Waals surface area contributed by atoms with E-state index in [1.807, 2.05) is 31.2 Å². The molecule has 3 nitrogen and oxygen atoms in total. The Labute approximate surface area is 125 Å². The maximum atomic E-state index is 12.1. The molecule has 2 rings (SSSR count). The average molecular weight is 306 g/mol. The van der Waals surface area contributed by atoms with Gasteiger partial charge < -0.3 is 5.11 Å². The van der Waals surface area contributed by atoms with E-state index in [2.05, 4.69) is 0 Å². The van der Waals surface area contributed by atoms with Gasteiger partial charge in [0.05, 0.1) is 17.1 Å². The number of carbonyl (C=O) groups excluding carboxylic acids is 1. The quantitative estimate of drug-likeness (QED) is 0.653. The zero-order valence-corrected chi connectivity index (χ0v) is 12.6. The first-order chi connectivity index (χ1) is 9.56. The molecule has 0 unspecified atom stereocenters. The van der Waals surface area contributed by atoms with Crippen LogP contribution in [0.5, 0.6) is 0 Å². The second-order valence-corrected chi connectivity index (χ2v) is 6.50. The summed E-state index contributed by atoms with van der Waals surface area (Å²) in [6.45, 7) is 2.02. The highest BCUT2D eigenvalue weighted by Gasteiger charge is 2.12. The summed E-state index contributed by atoms with van der Waals surface area (Å²) in [6, 6.07) is 11.4. The van der Waals surface area contributed by atoms with Crippen LogP contribution >= 0.6 is 23.1 Å². The fourth-order valence-corrected chi connectivity index (χ4v) is 3.64. The number of carbonyl (C=O) groups is 2. The zero-order valence-electron chi connectivity index (χ0n) is 11.0. The first kappa shape index (κ1) is 14.8. The first-order valence-electron chi connectivity index (χ1n) is 6.08. The third-order valence-corrected chi connectivity index (χ3v) is 5.02. The Kier molecular flexibility index (Phi) is 4.98. The van der Waals surface area contributed by atoms with Gasteiger partial charge in [-0.15, -0.1) is 23.1 Å². The second kappa shape index (κ2) is 6.72. The molecule has 0 radical (unpaired) electrons. The maximum Gasteiger partial charge on any atom is 0.308 e. The summed E-state index contributed by atoms with van der Waals surface area (Å²) >= 11 is 2.78. The number of Topliss-reactive ketones (excluding diaryl/α,β-unsaturated/α-hetero) is 1. The molecular weight excluding hydrogens is 292 g/mol. The van der Waals surface area contributed by atoms with Crippen LogP contribution in [0.15, 0.2) is 41.3 Å². The molecule has 5 heteroatoms. The lowest BCUT2D eigenvalue weighted by Gasteiger charge is -2.03. The number of carboxylic acid groups (broad SMARTS) is 1. The SMILES string of the molecule is Cc1ccccc1SCC(=O)c1ccc(CC(=O)O)s1. The number of rotatable bonds is 6. The molecule has 0 atom stereocenters. The predicted molar refractivity (Wildman–Crippen MR) is 81.9 cm³/mol. The number of aryl methyl sites for hydroxylation is 1. The van der Waals surface area contributed by atoms with Gasteiger partial charge in [-0.2, -0.15) is 0 Å². The van der Waals surface area contributed by atoms with Crippen LogP contribution in [0.3, 0.4) is 0 Å². The molecule has 0 spiro atoms. The zero-order chi connectivity index (χ0) is 14.5. The van der Waals surface area contributed by atoms with E-state index in [0.717, 1.165) is 10.5 Å². The van der Waals surface area contributed by atoms with E-state index < -0.39 is 5.97 Å². The minimum absolute atomic E-state index is 0.0249. The van der Waals surface area contributed by atoms with Crippen LogP contribution in [0, 0.1) is 6.92 Å². The molecule has 0 aliphatic rings. The number of thioether (sulfide) groups is 1. The predicted octanol–water partition coefficient (Wildman–Crippen LogP) is 3.66. The molecule has 104 valence electrons. The molecule has 0 aliphatic heterocycles. The fraction of sp³-hybridized carbons (Fsp3) is 0.200. The second-order valence-electron chi connectivity index (χ2n) is 4.31. The van der Waals surface area contributed by atoms with E-state index in [0.29, 0.717) is 15.5 Å². The number of carboxylic acids is 1. The van der Waals surface area contributed by atoms with Gasteiger partial charge in [0.25, 0.3) is 0 Å². The summed E-state index contributed by atoms with van der Waals surface area (Å²) in [5, 5.41) is 8.71. The van der Waals surface area contributed by atoms with Crippen LogP contribution in [-0.2, 0) is 11.2 Å². The van der Waals surface area contributed by atoms with Gasteiger partial charge in [-0.1, -0.05) is 18.2 Å². The van der Waals surface area contributed by atoms with Gasteiger partial charge >= 0.3 is 5.97 Å². The van der Waals surface area contributed by atoms with Crippen LogP contribution in [0.4, 0.5) is 0 Å². The summed E-state index contributed by atoms with van der Waals surface area (Å²) in [7, 11) is 0. The fourth-order valence-electron chi connectivity index (χ4n) is 1.70. The Morgan fingerprint density at radius 1 is 1.20 bits per heavy atom. The lowest BCUT2D eigenvalue weighted by atomic mass is 10.2. The maximum absolute atomic E-state index is 12.1. The van der Waals surface area contributed by atoms with Crippen molar-refractivity contribution in [1.29, 1.82) is 0 Å². The van der Waals surface area contributed by atoms with Crippen molar-refractivity contribution in [3.8, 4) is 0 Å². The molecular formula is C15H14O3S2. The number of hydrogen-bond acceptors (Lipinski definition) is 4. The van der Waals surface area contributed by atoms with E-state index in [4.69, 9.17) is 5.11 Å². The molecule has 0 fully saturated rings. The molecule has 2 aromatic rings. The molecule has 0 aliphatic carbocycles. The van der Waals surface area contributed by atoms with Crippen LogP contribution in [0.2, 0.25) is 0 Å². The van der Waals surface area contributed by atoms with E-state index in [9.17, 15) is 9.59 Å². The van der Waals surface area contributed by atoms with Gasteiger partial charge in [0.2, 0.25) is 0 Å². The third kappa shape index (κ3) is 3.95. The Balaban J connectivity index is 1.97. The van der Waals surface area contributed by atoms with Crippen LogP contribution in [0.1, 0.15) is 20.1 Å². The van der Waals surface area contributed by atoms with Gasteiger partial charge in [-0.05, 0) is 30.7 Å². The molecule has 1 N–H and O–H groups in total. The molecule has 0 amide bonds. The van der Waals surface area contributed by atoms with Crippen LogP contribution in [-0.4, -0.2) is 22.6 Å². The van der Waals surface area contributed by atoms with E-state index in [1.54, 1.807) is 12.1 Å². The summed E-state index contributed by atoms with van der Waals surface area (Å²) < 4.78 is 0. The van der Waals surface area contributed by atoms with E-state index in [-0.39, 0.29) is 12.2 Å². The van der Waals surface area contributed by atoms with Crippen molar-refractivity contribution in [2.24, 2.45) is 0 Å². The Morgan fingerprint density at radius 2 is 1.95 bits per heavy atom. The standard InChI is InChI=1S/C15H14O3S2/c1-10-4-2-3-5-13(10)19-9-12(16)14-7-6-11(20-14)8-15(17)18/h2-7H,8-9H2,1H3,(H,17,18). The Morgan fingerprint density at radius 3 is 2.65 bits per heavy atom. The molecule has 1 heterocycles. The van der Waals surface area contributed by atoms with Crippen molar-refractivity contribution in [3.05, 3.63) is 51.7 Å². The van der Waals surface area contributed by atoms with Crippen molar-refractivity contribution in [3.63, 3.8) is 0 Å². The number of ketones is 1. The third-order valence-electron chi connectivity index (χ3n) is 2.71. The van der Waals surface area contributed by atoms with Crippen molar-refractivity contribution in [1.82, 2.24) is 0 Å². The van der Waals surface area contributed by atoms with Crippen molar-refractivity contribution >= 4 is 34.9 Å². The Bertz CT molecular complexity index is 632. The summed E-state index contributed by atoms with van der Waals surface area (Å²) in [4.78, 5) is 25.1. The smallest absolute Gasteiger partial charge is 0.308 e. The minimum Gasteiger partial charge on any atom is -0.481 e. The van der Waals surface area contributed by atoms with Gasteiger partial charge in [-0.25, -0.2) is 0 Å². The lowest BCUT2D eigenvalue weighted by Crippen LogP contribution is -2.00. The van der Waals surface area contributed by atoms with Crippen molar-refractivity contribution in [2.75, 3.05) is 5.75 Å². The topological polar surface area (TPSA) is 54.4 Å². The lowest BCUT2D eigenvalue weighted by molar-refractivity contribution is -0.136. The van der Waals surface area contributed by atoms with Gasteiger partial charge in [0.15, 0.2) is 5.78 Å². The summed E-state index contributed by atoms with van der Waals surface area (Å²) in [6.07, 6.45) is -0.0249. The molecule has 20 heavy (non-hydrogen) atoms. The van der Waals surface area contributed by atoms with Crippen molar-refractivity contribution < 1.29 is 14.7 Å². The summed E-state index contributed by atoms with van der Waals surface area (Å²) in [5.41, 5.74) is 1.16. The number of hydrogen-bond donors (Lipinski definition) is 1. The van der Waals surface area contributed by atoms with Crippen molar-refractivity contribution in [2.45, 2.75) is 18.2 Å².